The fourth-order valence-electron chi connectivity index (χ4n) is 10.1. The van der Waals surface area contributed by atoms with E-state index in [9.17, 15) is 0 Å². The maximum atomic E-state index is 15.1. The molecule has 362 valence electrons. The minimum absolute atomic E-state index is 0.520. The number of unbranched alkanes of at least 4 members (excludes halogenated alkanes) is 32. The summed E-state index contributed by atoms with van der Waals surface area (Å²) in [7, 11) is -3.92. The van der Waals surface area contributed by atoms with Gasteiger partial charge in [-0.05, 0) is 0 Å². The van der Waals surface area contributed by atoms with Crippen molar-refractivity contribution in [3.63, 3.8) is 0 Å². The van der Waals surface area contributed by atoms with Gasteiger partial charge in [-0.3, -0.25) is 0 Å². The minimum Gasteiger partial charge on any atom is -0.0654 e. The molecule has 0 amide bonds. The van der Waals surface area contributed by atoms with E-state index in [1.54, 1.807) is 0 Å². The van der Waals surface area contributed by atoms with Gasteiger partial charge in [0, 0.05) is 0 Å². The molecule has 0 saturated heterocycles. The van der Waals surface area contributed by atoms with Gasteiger partial charge >= 0.3 is 264 Å². The van der Waals surface area contributed by atoms with Crippen LogP contribution in [0, 0.1) is 0 Å². The van der Waals surface area contributed by atoms with Crippen LogP contribution in [0.4, 0.5) is 0 Å². The van der Waals surface area contributed by atoms with Crippen LogP contribution in [0.3, 0.4) is 0 Å². The van der Waals surface area contributed by atoms with Crippen molar-refractivity contribution in [3.05, 3.63) is 29.3 Å². The van der Waals surface area contributed by atoms with Crippen LogP contribution < -0.4 is 0 Å². The Morgan fingerprint density at radius 1 is 0.361 bits per heavy atom. The standard InChI is InChI=1S/C56H109O3PS/c1-7-13-19-21-23-25-27-29-31-33-35-37-39-41-43-46-54-47-45-49-56(55(54)48-44-42-40-38-36-34-32-30-28-26-24-22-20-14-8-2)61(57,58)59-60(50-15-9-3,51-16-10-4,52-17-11-5)53-18-12-6/h45,47,49H,7-44,46,48,50-53H2,1-6H3. The molecule has 0 unspecified atom stereocenters. The van der Waals surface area contributed by atoms with Crippen LogP contribution in [-0.2, 0) is 26.9 Å². The summed E-state index contributed by atoms with van der Waals surface area (Å²) in [5.74, 6) is 0. The average Bonchev–Trinajstić information content (AvgIpc) is 3.26. The molecular formula is C56H109O3PS. The Balaban J connectivity index is 2.99. The van der Waals surface area contributed by atoms with E-state index in [1.165, 1.54) is 185 Å². The zero-order valence-corrected chi connectivity index (χ0v) is 44.1. The molecule has 0 saturated carbocycles. The zero-order valence-electron chi connectivity index (χ0n) is 42.4. The number of hydrogen-bond acceptors (Lipinski definition) is 3. The fourth-order valence-corrected chi connectivity index (χ4v) is 20.4. The molecule has 1 aromatic rings. The summed E-state index contributed by atoms with van der Waals surface area (Å²) < 4.78 is 37.3. The molecule has 0 aliphatic carbocycles. The number of rotatable bonds is 47. The van der Waals surface area contributed by atoms with E-state index in [4.69, 9.17) is 3.97 Å². The van der Waals surface area contributed by atoms with Crippen LogP contribution in [0.5, 0.6) is 0 Å². The SMILES string of the molecule is CCCCCCCCCCCCCCCCCc1cccc(S(=O)(=O)OP(CCCC)(CCCC)(CCCC)CCCC)c1CCCCCCCCCCCCCCCCC. The molecule has 0 atom stereocenters. The van der Waals surface area contributed by atoms with E-state index in [-0.39, 0.29) is 0 Å². The quantitative estimate of drug-likeness (QED) is 0.0484. The van der Waals surface area contributed by atoms with E-state index in [0.717, 1.165) is 107 Å². The van der Waals surface area contributed by atoms with Crippen LogP contribution >= 0.6 is 6.83 Å². The summed E-state index contributed by atoms with van der Waals surface area (Å²) in [5.41, 5.74) is 2.37. The predicted molar refractivity (Wildman–Crippen MR) is 278 cm³/mol. The van der Waals surface area contributed by atoms with Crippen molar-refractivity contribution in [1.29, 1.82) is 0 Å². The second-order valence-electron chi connectivity index (χ2n) is 20.0. The predicted octanol–water partition coefficient (Wildman–Crippen LogP) is 19.9. The monoisotopic (exact) mass is 893 g/mol. The molecule has 0 aliphatic rings. The second-order valence-corrected chi connectivity index (χ2v) is 27.4. The van der Waals surface area contributed by atoms with Gasteiger partial charge in [0.2, 0.25) is 0 Å². The molecule has 0 aromatic heterocycles. The smallest absolute Gasteiger partial charge is 0.0654 e. The summed E-state index contributed by atoms with van der Waals surface area (Å²) >= 11 is 0. The summed E-state index contributed by atoms with van der Waals surface area (Å²) in [6.45, 7) is 10.6. The molecule has 0 N–H and O–H groups in total. The molecule has 1 rings (SSSR count). The van der Waals surface area contributed by atoms with Gasteiger partial charge in [0.25, 0.3) is 0 Å². The van der Waals surface area contributed by atoms with Gasteiger partial charge in [-0.1, -0.05) is 123 Å². The summed E-state index contributed by atoms with van der Waals surface area (Å²) in [6, 6.07) is 6.22. The average molecular weight is 894 g/mol. The molecule has 0 aliphatic heterocycles. The van der Waals surface area contributed by atoms with Crippen molar-refractivity contribution in [2.75, 3.05) is 24.6 Å². The van der Waals surface area contributed by atoms with Crippen molar-refractivity contribution in [2.45, 2.75) is 303 Å². The molecule has 0 bridgehead atoms. The third kappa shape index (κ3) is 27.6. The first-order valence-corrected chi connectivity index (χ1v) is 32.1. The number of aryl methyl sites for hydroxylation is 1. The van der Waals surface area contributed by atoms with E-state index in [1.807, 2.05) is 12.1 Å². The van der Waals surface area contributed by atoms with Gasteiger partial charge in [-0.15, -0.1) is 0 Å². The molecule has 1 aromatic carbocycles. The number of hydrogen-bond donors (Lipinski definition) is 0. The van der Waals surface area contributed by atoms with Gasteiger partial charge in [0.1, 0.15) is 0 Å². The second kappa shape index (κ2) is 38.8. The van der Waals surface area contributed by atoms with Gasteiger partial charge in [0.05, 0.1) is 0 Å². The Bertz CT molecular complexity index is 1180. The maximum absolute atomic E-state index is 15.1. The first-order chi connectivity index (χ1) is 29.8. The van der Waals surface area contributed by atoms with Gasteiger partial charge in [0.15, 0.2) is 0 Å². The molecule has 0 fully saturated rings. The van der Waals surface area contributed by atoms with Crippen molar-refractivity contribution in [1.82, 2.24) is 0 Å². The van der Waals surface area contributed by atoms with Crippen LogP contribution in [0.15, 0.2) is 23.1 Å². The van der Waals surface area contributed by atoms with E-state index < -0.39 is 16.9 Å². The van der Waals surface area contributed by atoms with E-state index in [0.29, 0.717) is 4.90 Å². The van der Waals surface area contributed by atoms with Crippen LogP contribution in [0.2, 0.25) is 0 Å². The van der Waals surface area contributed by atoms with Gasteiger partial charge < -0.3 is 0 Å². The number of benzene rings is 1. The van der Waals surface area contributed by atoms with Crippen molar-refractivity contribution in [3.8, 4) is 0 Å². The molecule has 61 heavy (non-hydrogen) atoms. The minimum atomic E-state index is -3.92. The molecular weight excluding hydrogens is 784 g/mol. The van der Waals surface area contributed by atoms with Crippen molar-refractivity contribution in [2.24, 2.45) is 0 Å². The van der Waals surface area contributed by atoms with Gasteiger partial charge in [-0.25, -0.2) is 0 Å². The van der Waals surface area contributed by atoms with Crippen molar-refractivity contribution < 1.29 is 12.4 Å². The van der Waals surface area contributed by atoms with Crippen molar-refractivity contribution >= 4 is 16.9 Å². The third-order valence-electron chi connectivity index (χ3n) is 14.2. The van der Waals surface area contributed by atoms with Crippen LogP contribution in [-0.4, -0.2) is 33.1 Å². The Hall–Kier alpha value is -0.440. The fraction of sp³-hybridized carbons (Fsp3) is 0.893. The Morgan fingerprint density at radius 3 is 0.951 bits per heavy atom. The summed E-state index contributed by atoms with van der Waals surface area (Å²) in [6.07, 6.45) is 55.0. The molecule has 3 nitrogen and oxygen atoms in total. The van der Waals surface area contributed by atoms with Crippen LogP contribution in [0.1, 0.15) is 297 Å². The van der Waals surface area contributed by atoms with Gasteiger partial charge in [-0.2, -0.15) is 0 Å². The summed E-state index contributed by atoms with van der Waals surface area (Å²) in [5, 5.41) is 0. The molecule has 5 heteroatoms. The van der Waals surface area contributed by atoms with Crippen LogP contribution in [0.25, 0.3) is 0 Å². The van der Waals surface area contributed by atoms with E-state index >= 15 is 8.42 Å². The normalized spacial score (nSPS) is 12.9. The zero-order chi connectivity index (χ0) is 44.6. The first kappa shape index (κ1) is 58.6. The molecule has 0 spiro atoms. The topological polar surface area (TPSA) is 43.4 Å². The summed E-state index contributed by atoms with van der Waals surface area (Å²) in [4.78, 5) is 0.520. The Kier molecular flexibility index (Phi) is 37.3. The first-order valence-electron chi connectivity index (χ1n) is 27.8. The van der Waals surface area contributed by atoms with E-state index in [2.05, 4.69) is 47.6 Å². The molecule has 0 radical (unpaired) electrons. The third-order valence-corrected chi connectivity index (χ3v) is 23.4. The Morgan fingerprint density at radius 2 is 0.639 bits per heavy atom. The Labute approximate surface area is 384 Å². The molecule has 0 heterocycles.